The van der Waals surface area contributed by atoms with Crippen LogP contribution in [0.2, 0.25) is 0 Å². The Kier molecular flexibility index (Phi) is 8.45. The Hall–Kier alpha value is -7.95. The number of hydrogen-bond acceptors (Lipinski definition) is 4. The van der Waals surface area contributed by atoms with Crippen LogP contribution in [0.3, 0.4) is 0 Å². The third-order valence-electron chi connectivity index (χ3n) is 11.2. The fraction of sp³-hybridized carbons (Fsp3) is 0. The highest BCUT2D eigenvalue weighted by Gasteiger charge is 2.21. The van der Waals surface area contributed by atoms with E-state index in [0.29, 0.717) is 5.89 Å². The molecule has 0 bridgehead atoms. The van der Waals surface area contributed by atoms with Crippen molar-refractivity contribution in [3.05, 3.63) is 224 Å². The van der Waals surface area contributed by atoms with Gasteiger partial charge in [-0.15, -0.1) is 0 Å². The van der Waals surface area contributed by atoms with Crippen LogP contribution in [-0.4, -0.2) is 4.98 Å². The normalized spacial score (nSPS) is 11.4. The van der Waals surface area contributed by atoms with E-state index in [-0.39, 0.29) is 0 Å². The van der Waals surface area contributed by atoms with Crippen molar-refractivity contribution < 1.29 is 4.42 Å². The third kappa shape index (κ3) is 6.15. The molecule has 4 nitrogen and oxygen atoms in total. The maximum atomic E-state index is 6.96. The molecule has 0 saturated carbocycles. The van der Waals surface area contributed by atoms with E-state index in [1.807, 2.05) is 12.1 Å². The molecule has 0 fully saturated rings. The molecule has 0 aliphatic carbocycles. The smallest absolute Gasteiger partial charge is 0.227 e. The number of anilines is 6. The lowest BCUT2D eigenvalue weighted by molar-refractivity contribution is 0.623. The summed E-state index contributed by atoms with van der Waals surface area (Å²) in [7, 11) is 0. The van der Waals surface area contributed by atoms with Crippen LogP contribution < -0.4 is 9.80 Å². The van der Waals surface area contributed by atoms with Gasteiger partial charge in [0.05, 0.1) is 0 Å². The zero-order valence-corrected chi connectivity index (χ0v) is 32.1. The van der Waals surface area contributed by atoms with E-state index in [1.54, 1.807) is 0 Å². The lowest BCUT2D eigenvalue weighted by atomic mass is 9.93. The Morgan fingerprint density at radius 1 is 0.322 bits per heavy atom. The predicted octanol–water partition coefficient (Wildman–Crippen LogP) is 15.6. The van der Waals surface area contributed by atoms with Gasteiger partial charge in [-0.05, 0) is 118 Å². The first-order valence-corrected chi connectivity index (χ1v) is 20.0. The first-order chi connectivity index (χ1) is 29.3. The molecule has 4 heteroatoms. The summed E-state index contributed by atoms with van der Waals surface area (Å²) in [5, 5.41) is 6.80. The minimum absolute atomic E-state index is 0.582. The summed E-state index contributed by atoms with van der Waals surface area (Å²) in [5.41, 5.74) is 11.2. The van der Waals surface area contributed by atoms with Crippen LogP contribution >= 0.6 is 0 Å². The van der Waals surface area contributed by atoms with E-state index in [1.165, 1.54) is 16.2 Å². The van der Waals surface area contributed by atoms with Gasteiger partial charge in [0.1, 0.15) is 5.52 Å². The number of rotatable bonds is 8. The second kappa shape index (κ2) is 14.5. The molecule has 0 atom stereocenters. The van der Waals surface area contributed by atoms with Crippen LogP contribution in [-0.2, 0) is 0 Å². The largest absolute Gasteiger partial charge is 0.435 e. The van der Waals surface area contributed by atoms with Crippen LogP contribution in [0, 0.1) is 0 Å². The molecular weight excluding hydrogens is 719 g/mol. The van der Waals surface area contributed by atoms with Gasteiger partial charge in [-0.3, -0.25) is 0 Å². The van der Waals surface area contributed by atoms with Crippen LogP contribution in [0.15, 0.2) is 229 Å². The molecule has 59 heavy (non-hydrogen) atoms. The molecule has 0 amide bonds. The lowest BCUT2D eigenvalue weighted by Gasteiger charge is -2.26. The van der Waals surface area contributed by atoms with Crippen LogP contribution in [0.5, 0.6) is 0 Å². The van der Waals surface area contributed by atoms with Crippen molar-refractivity contribution in [3.63, 3.8) is 0 Å². The molecule has 0 spiro atoms. The molecule has 1 aromatic heterocycles. The van der Waals surface area contributed by atoms with E-state index in [2.05, 4.69) is 222 Å². The Balaban J connectivity index is 1.10. The number of oxazole rings is 1. The van der Waals surface area contributed by atoms with Crippen molar-refractivity contribution in [3.8, 4) is 22.6 Å². The molecule has 11 aromatic rings. The third-order valence-corrected chi connectivity index (χ3v) is 11.2. The molecule has 0 unspecified atom stereocenters. The van der Waals surface area contributed by atoms with Crippen LogP contribution in [0.1, 0.15) is 0 Å². The van der Waals surface area contributed by atoms with E-state index in [9.17, 15) is 0 Å². The highest BCUT2D eigenvalue weighted by Crippen LogP contribution is 2.44. The first-order valence-electron chi connectivity index (χ1n) is 20.0. The highest BCUT2D eigenvalue weighted by atomic mass is 16.3. The maximum absolute atomic E-state index is 6.96. The average Bonchev–Trinajstić information content (AvgIpc) is 3.77. The standard InChI is InChI=1S/C55H37N3O/c1-5-20-42(21-6-1)57(43-22-7-2-8-23-43)46-28-15-18-39(35-46)40-32-33-49-51(37-40)54-53(50-34-31-38-17-13-14-30-48(38)52(49)50)56-55(59-54)41-19-16-29-47(36-41)58(44-24-9-3-10-25-44)45-26-11-4-12-27-45/h1-37H. The van der Waals surface area contributed by atoms with Gasteiger partial charge in [0.2, 0.25) is 5.89 Å². The number of hydrogen-bond donors (Lipinski definition) is 0. The molecule has 0 N–H and O–H groups in total. The molecule has 0 radical (unpaired) electrons. The molecule has 0 aliphatic rings. The fourth-order valence-electron chi connectivity index (χ4n) is 8.50. The SMILES string of the molecule is c1ccc(N(c2ccccc2)c2cccc(-c3ccc4c(c3)c3oc(-c5cccc(N(c6ccccc6)c6ccccc6)c5)nc3c3ccc5ccccc5c43)c2)cc1. The predicted molar refractivity (Wildman–Crippen MR) is 247 cm³/mol. The Morgan fingerprint density at radius 2 is 0.797 bits per heavy atom. The summed E-state index contributed by atoms with van der Waals surface area (Å²) in [4.78, 5) is 9.89. The summed E-state index contributed by atoms with van der Waals surface area (Å²) in [6.07, 6.45) is 0. The summed E-state index contributed by atoms with van der Waals surface area (Å²) < 4.78 is 6.96. The zero-order chi connectivity index (χ0) is 39.1. The summed E-state index contributed by atoms with van der Waals surface area (Å²) in [5.74, 6) is 0.582. The summed E-state index contributed by atoms with van der Waals surface area (Å²) in [6, 6.07) is 79.1. The zero-order valence-electron chi connectivity index (χ0n) is 32.1. The molecule has 1 heterocycles. The number of benzene rings is 10. The summed E-state index contributed by atoms with van der Waals surface area (Å²) >= 11 is 0. The van der Waals surface area contributed by atoms with E-state index < -0.39 is 0 Å². The molecule has 0 saturated heterocycles. The molecule has 11 rings (SSSR count). The Bertz CT molecular complexity index is 3190. The topological polar surface area (TPSA) is 32.5 Å². The van der Waals surface area contributed by atoms with Gasteiger partial charge in [0.25, 0.3) is 0 Å². The van der Waals surface area contributed by atoms with Gasteiger partial charge in [0, 0.05) is 50.5 Å². The van der Waals surface area contributed by atoms with Gasteiger partial charge >= 0.3 is 0 Å². The van der Waals surface area contributed by atoms with Crippen molar-refractivity contribution in [1.82, 2.24) is 4.98 Å². The first kappa shape index (κ1) is 34.3. The Labute approximate surface area is 342 Å². The average molecular weight is 756 g/mol. The highest BCUT2D eigenvalue weighted by molar-refractivity contribution is 6.30. The maximum Gasteiger partial charge on any atom is 0.227 e. The van der Waals surface area contributed by atoms with Crippen molar-refractivity contribution in [2.24, 2.45) is 0 Å². The minimum atomic E-state index is 0.582. The van der Waals surface area contributed by atoms with Gasteiger partial charge in [-0.25, -0.2) is 4.98 Å². The van der Waals surface area contributed by atoms with Crippen molar-refractivity contribution in [1.29, 1.82) is 0 Å². The van der Waals surface area contributed by atoms with Crippen molar-refractivity contribution in [2.75, 3.05) is 9.80 Å². The number of nitrogens with zero attached hydrogens (tertiary/aromatic N) is 3. The number of para-hydroxylation sites is 4. The number of aromatic nitrogens is 1. The minimum Gasteiger partial charge on any atom is -0.435 e. The van der Waals surface area contributed by atoms with E-state index in [4.69, 9.17) is 9.40 Å². The summed E-state index contributed by atoms with van der Waals surface area (Å²) in [6.45, 7) is 0. The number of fused-ring (bicyclic) bond motifs is 8. The monoisotopic (exact) mass is 755 g/mol. The lowest BCUT2D eigenvalue weighted by Crippen LogP contribution is -2.09. The van der Waals surface area contributed by atoms with E-state index in [0.717, 1.165) is 78.1 Å². The van der Waals surface area contributed by atoms with Gasteiger partial charge < -0.3 is 14.2 Å². The molecule has 10 aromatic carbocycles. The second-order valence-corrected chi connectivity index (χ2v) is 14.8. The molecule has 0 aliphatic heterocycles. The fourth-order valence-corrected chi connectivity index (χ4v) is 8.50. The molecule has 278 valence electrons. The second-order valence-electron chi connectivity index (χ2n) is 14.8. The van der Waals surface area contributed by atoms with Gasteiger partial charge in [0.15, 0.2) is 5.58 Å². The quantitative estimate of drug-likeness (QED) is 0.145. The van der Waals surface area contributed by atoms with Crippen molar-refractivity contribution >= 4 is 77.5 Å². The van der Waals surface area contributed by atoms with Crippen LogP contribution in [0.25, 0.3) is 66.0 Å². The van der Waals surface area contributed by atoms with Crippen molar-refractivity contribution in [2.45, 2.75) is 0 Å². The van der Waals surface area contributed by atoms with Gasteiger partial charge in [-0.1, -0.05) is 140 Å². The van der Waals surface area contributed by atoms with E-state index >= 15 is 0 Å². The molecular formula is C55H37N3O. The van der Waals surface area contributed by atoms with Crippen LogP contribution in [0.4, 0.5) is 34.1 Å². The van der Waals surface area contributed by atoms with Gasteiger partial charge in [-0.2, -0.15) is 0 Å². The Morgan fingerprint density at radius 3 is 1.39 bits per heavy atom.